The number of hydrogen-bond donors (Lipinski definition) is 1. The van der Waals surface area contributed by atoms with Gasteiger partial charge in [0.1, 0.15) is 11.5 Å². The second-order valence-electron chi connectivity index (χ2n) is 6.04. The van der Waals surface area contributed by atoms with E-state index in [1.165, 1.54) is 19.2 Å². The van der Waals surface area contributed by atoms with E-state index < -0.39 is 11.7 Å². The van der Waals surface area contributed by atoms with Crippen LogP contribution in [0.5, 0.6) is 17.2 Å². The molecule has 0 atom stereocenters. The molecule has 6 heteroatoms. The summed E-state index contributed by atoms with van der Waals surface area (Å²) in [6.07, 6.45) is 0.493. The zero-order valence-electron chi connectivity index (χ0n) is 15.5. The van der Waals surface area contributed by atoms with Crippen LogP contribution in [0, 0.1) is 5.82 Å². The molecule has 0 spiro atoms. The minimum absolute atomic E-state index is 0.00668. The number of halogens is 2. The summed E-state index contributed by atoms with van der Waals surface area (Å²) in [5.74, 6) is -0.318. The molecule has 144 valence electrons. The van der Waals surface area contributed by atoms with Crippen molar-refractivity contribution in [3.05, 3.63) is 76.6 Å². The third-order valence-corrected chi connectivity index (χ3v) is 4.70. The van der Waals surface area contributed by atoms with Crippen LogP contribution in [0.1, 0.15) is 22.8 Å². The summed E-state index contributed by atoms with van der Waals surface area (Å²) in [6, 6.07) is 15.3. The lowest BCUT2D eigenvalue weighted by atomic mass is 9.92. The molecular formula is C22H19ClFNO3. The minimum Gasteiger partial charge on any atom is -0.494 e. The Morgan fingerprint density at radius 2 is 1.71 bits per heavy atom. The summed E-state index contributed by atoms with van der Waals surface area (Å²) in [5.41, 5.74) is 6.54. The van der Waals surface area contributed by atoms with Gasteiger partial charge in [0.05, 0.1) is 12.7 Å². The number of carbonyl (C=O) groups is 1. The first kappa shape index (κ1) is 19.7. The zero-order chi connectivity index (χ0) is 20.3. The smallest absolute Gasteiger partial charge is 0.249 e. The van der Waals surface area contributed by atoms with Crippen LogP contribution < -0.4 is 15.2 Å². The number of rotatable bonds is 6. The fourth-order valence-electron chi connectivity index (χ4n) is 3.10. The number of ether oxygens (including phenoxy) is 2. The quantitative estimate of drug-likeness (QED) is 0.586. The van der Waals surface area contributed by atoms with E-state index in [4.69, 9.17) is 26.8 Å². The lowest BCUT2D eigenvalue weighted by Gasteiger charge is -2.19. The van der Waals surface area contributed by atoms with E-state index in [9.17, 15) is 4.79 Å². The van der Waals surface area contributed by atoms with Crippen molar-refractivity contribution < 1.29 is 18.7 Å². The van der Waals surface area contributed by atoms with Crippen LogP contribution in [-0.4, -0.2) is 13.0 Å². The monoisotopic (exact) mass is 399 g/mol. The molecule has 3 aromatic carbocycles. The van der Waals surface area contributed by atoms with Gasteiger partial charge in [-0.3, -0.25) is 4.79 Å². The van der Waals surface area contributed by atoms with Gasteiger partial charge in [-0.25, -0.2) is 4.39 Å². The highest BCUT2D eigenvalue weighted by Crippen LogP contribution is 2.43. The number of amides is 1. The van der Waals surface area contributed by atoms with E-state index in [0.29, 0.717) is 29.0 Å². The fourth-order valence-corrected chi connectivity index (χ4v) is 3.37. The Labute approximate surface area is 167 Å². The molecular weight excluding hydrogens is 381 g/mol. The van der Waals surface area contributed by atoms with Crippen molar-refractivity contribution in [2.24, 2.45) is 5.73 Å². The summed E-state index contributed by atoms with van der Waals surface area (Å²) < 4.78 is 26.3. The van der Waals surface area contributed by atoms with Crippen LogP contribution in [0.15, 0.2) is 54.6 Å². The molecule has 0 aliphatic carbocycles. The second-order valence-corrected chi connectivity index (χ2v) is 6.44. The van der Waals surface area contributed by atoms with Crippen LogP contribution in [0.25, 0.3) is 11.1 Å². The fraction of sp³-hybridized carbons (Fsp3) is 0.136. The lowest BCUT2D eigenvalue weighted by Crippen LogP contribution is -2.14. The molecule has 0 heterocycles. The van der Waals surface area contributed by atoms with Gasteiger partial charge in [-0.1, -0.05) is 36.7 Å². The van der Waals surface area contributed by atoms with Gasteiger partial charge in [-0.15, -0.1) is 0 Å². The Bertz CT molecular complexity index is 1020. The summed E-state index contributed by atoms with van der Waals surface area (Å²) in [6.45, 7) is 1.90. The van der Waals surface area contributed by atoms with Gasteiger partial charge in [0.2, 0.25) is 5.91 Å². The van der Waals surface area contributed by atoms with Gasteiger partial charge in [0.25, 0.3) is 0 Å². The third kappa shape index (κ3) is 3.66. The third-order valence-electron chi connectivity index (χ3n) is 4.39. The largest absolute Gasteiger partial charge is 0.494 e. The van der Waals surface area contributed by atoms with E-state index >= 15 is 4.39 Å². The predicted octanol–water partition coefficient (Wildman–Crippen LogP) is 5.61. The van der Waals surface area contributed by atoms with Crippen LogP contribution in [-0.2, 0) is 6.42 Å². The minimum atomic E-state index is -0.760. The van der Waals surface area contributed by atoms with Crippen molar-refractivity contribution in [1.82, 2.24) is 0 Å². The van der Waals surface area contributed by atoms with Crippen molar-refractivity contribution in [3.8, 4) is 28.4 Å². The number of para-hydroxylation sites is 1. The molecule has 1 amide bonds. The van der Waals surface area contributed by atoms with Crippen LogP contribution in [0.4, 0.5) is 4.39 Å². The zero-order valence-corrected chi connectivity index (χ0v) is 16.2. The van der Waals surface area contributed by atoms with Crippen LogP contribution in [0.2, 0.25) is 5.02 Å². The Balaban J connectivity index is 2.28. The number of carbonyl (C=O) groups excluding carboxylic acids is 1. The maximum absolute atomic E-state index is 15.2. The van der Waals surface area contributed by atoms with E-state index in [-0.39, 0.29) is 21.9 Å². The van der Waals surface area contributed by atoms with Gasteiger partial charge < -0.3 is 15.2 Å². The molecule has 0 bridgehead atoms. The first-order chi connectivity index (χ1) is 13.5. The van der Waals surface area contributed by atoms with Gasteiger partial charge in [0, 0.05) is 21.7 Å². The first-order valence-corrected chi connectivity index (χ1v) is 9.06. The Morgan fingerprint density at radius 3 is 2.32 bits per heavy atom. The van der Waals surface area contributed by atoms with Crippen molar-refractivity contribution in [1.29, 1.82) is 0 Å². The molecule has 3 rings (SSSR count). The Morgan fingerprint density at radius 1 is 1.04 bits per heavy atom. The van der Waals surface area contributed by atoms with Crippen molar-refractivity contribution >= 4 is 17.5 Å². The van der Waals surface area contributed by atoms with Gasteiger partial charge >= 0.3 is 0 Å². The summed E-state index contributed by atoms with van der Waals surface area (Å²) >= 11 is 6.45. The molecule has 3 aromatic rings. The molecule has 4 nitrogen and oxygen atoms in total. The highest BCUT2D eigenvalue weighted by molar-refractivity contribution is 6.34. The second kappa shape index (κ2) is 8.31. The predicted molar refractivity (Wildman–Crippen MR) is 108 cm³/mol. The standard InChI is InChI=1S/C22H19ClFNO3/c1-3-14-17(28-13-7-5-4-6-8-13)12-10-16(23)19(14)20-15(22(25)26)9-11-18(27-2)21(20)24/h4-12H,3H2,1-2H3,(H2,25,26). The number of primary amides is 1. The summed E-state index contributed by atoms with van der Waals surface area (Å²) in [7, 11) is 1.35. The molecule has 0 fully saturated rings. The summed E-state index contributed by atoms with van der Waals surface area (Å²) in [5, 5.41) is 0.284. The average Bonchev–Trinajstić information content (AvgIpc) is 2.69. The van der Waals surface area contributed by atoms with Crippen LogP contribution >= 0.6 is 11.6 Å². The van der Waals surface area contributed by atoms with Crippen molar-refractivity contribution in [2.45, 2.75) is 13.3 Å². The molecule has 0 aliphatic rings. The summed E-state index contributed by atoms with van der Waals surface area (Å²) in [4.78, 5) is 12.0. The number of methoxy groups -OCH3 is 1. The molecule has 0 unspecified atom stereocenters. The average molecular weight is 400 g/mol. The van der Waals surface area contributed by atoms with Crippen molar-refractivity contribution in [2.75, 3.05) is 7.11 Å². The van der Waals surface area contributed by atoms with Crippen LogP contribution in [0.3, 0.4) is 0 Å². The molecule has 0 aromatic heterocycles. The molecule has 2 N–H and O–H groups in total. The normalized spacial score (nSPS) is 10.6. The maximum atomic E-state index is 15.2. The first-order valence-electron chi connectivity index (χ1n) is 8.68. The van der Waals surface area contributed by atoms with E-state index in [1.807, 2.05) is 37.3 Å². The van der Waals surface area contributed by atoms with E-state index in [2.05, 4.69) is 0 Å². The van der Waals surface area contributed by atoms with Crippen molar-refractivity contribution in [3.63, 3.8) is 0 Å². The topological polar surface area (TPSA) is 61.5 Å². The Kier molecular flexibility index (Phi) is 5.85. The lowest BCUT2D eigenvalue weighted by molar-refractivity contribution is 0.100. The van der Waals surface area contributed by atoms with Gasteiger partial charge in [-0.2, -0.15) is 0 Å². The molecule has 28 heavy (non-hydrogen) atoms. The Hall–Kier alpha value is -3.05. The maximum Gasteiger partial charge on any atom is 0.249 e. The molecule has 0 aliphatic heterocycles. The highest BCUT2D eigenvalue weighted by atomic mass is 35.5. The van der Waals surface area contributed by atoms with Gasteiger partial charge in [-0.05, 0) is 42.8 Å². The highest BCUT2D eigenvalue weighted by Gasteiger charge is 2.25. The number of benzene rings is 3. The number of nitrogens with two attached hydrogens (primary N) is 1. The van der Waals surface area contributed by atoms with E-state index in [0.717, 1.165) is 0 Å². The van der Waals surface area contributed by atoms with E-state index in [1.54, 1.807) is 12.1 Å². The number of hydrogen-bond acceptors (Lipinski definition) is 3. The van der Waals surface area contributed by atoms with Gasteiger partial charge in [0.15, 0.2) is 11.6 Å². The molecule has 0 radical (unpaired) electrons. The molecule has 0 saturated carbocycles. The SMILES string of the molecule is CCc1c(Oc2ccccc2)ccc(Cl)c1-c1c(C(N)=O)ccc(OC)c1F. The molecule has 0 saturated heterocycles.